The summed E-state index contributed by atoms with van der Waals surface area (Å²) in [5.74, 6) is -1.14. The molecule has 0 spiro atoms. The van der Waals surface area contributed by atoms with Gasteiger partial charge < -0.3 is 5.11 Å². The molecule has 0 aliphatic carbocycles. The Kier molecular flexibility index (Phi) is 2.63. The summed E-state index contributed by atoms with van der Waals surface area (Å²) in [6, 6.07) is 5.78. The molecule has 0 bridgehead atoms. The second-order valence-electron chi connectivity index (χ2n) is 3.17. The fraction of sp³-hybridized carbons (Fsp3) is 0.100. The van der Waals surface area contributed by atoms with Gasteiger partial charge in [0, 0.05) is 0 Å². The van der Waals surface area contributed by atoms with E-state index in [2.05, 4.69) is 10.2 Å². The first-order valence-electron chi connectivity index (χ1n) is 4.53. The van der Waals surface area contributed by atoms with E-state index in [1.54, 1.807) is 6.07 Å². The van der Waals surface area contributed by atoms with Crippen molar-refractivity contribution >= 4 is 5.97 Å². The Bertz CT molecular complexity index is 524. The van der Waals surface area contributed by atoms with E-state index in [1.165, 1.54) is 29.1 Å². The Morgan fingerprint density at radius 1 is 1.50 bits per heavy atom. The van der Waals surface area contributed by atoms with Gasteiger partial charge >= 0.3 is 5.97 Å². The van der Waals surface area contributed by atoms with Gasteiger partial charge in [0.05, 0.1) is 5.69 Å². The van der Waals surface area contributed by atoms with Crippen LogP contribution in [0.2, 0.25) is 0 Å². The van der Waals surface area contributed by atoms with Crippen LogP contribution in [-0.4, -0.2) is 25.8 Å². The summed E-state index contributed by atoms with van der Waals surface area (Å²) in [6.07, 6.45) is 1.10. The molecule has 1 aromatic carbocycles. The van der Waals surface area contributed by atoms with Crippen molar-refractivity contribution in [3.63, 3.8) is 0 Å². The molecule has 16 heavy (non-hydrogen) atoms. The summed E-state index contributed by atoms with van der Waals surface area (Å²) < 4.78 is 14.4. The summed E-state index contributed by atoms with van der Waals surface area (Å²) in [5, 5.41) is 15.9. The zero-order valence-electron chi connectivity index (χ0n) is 8.17. The number of carboxylic acids is 1. The van der Waals surface area contributed by atoms with Crippen molar-refractivity contribution in [3.05, 3.63) is 42.2 Å². The van der Waals surface area contributed by atoms with E-state index in [9.17, 15) is 9.18 Å². The lowest BCUT2D eigenvalue weighted by Gasteiger charge is -2.04. The lowest BCUT2D eigenvalue weighted by molar-refractivity contribution is -0.136. The van der Waals surface area contributed by atoms with Gasteiger partial charge in [-0.2, -0.15) is 0 Å². The molecule has 0 saturated carbocycles. The van der Waals surface area contributed by atoms with Gasteiger partial charge in [-0.15, -0.1) is 10.2 Å². The highest BCUT2D eigenvalue weighted by Crippen LogP contribution is 2.11. The molecule has 1 aromatic heterocycles. The average molecular weight is 221 g/mol. The highest BCUT2D eigenvalue weighted by atomic mass is 19.1. The number of hydrogen-bond donors (Lipinski definition) is 1. The molecule has 0 atom stereocenters. The van der Waals surface area contributed by atoms with E-state index in [0.717, 1.165) is 0 Å². The van der Waals surface area contributed by atoms with Crippen LogP contribution in [-0.2, 0) is 11.2 Å². The smallest absolute Gasteiger partial charge is 0.311 e. The topological polar surface area (TPSA) is 68.0 Å². The molecule has 0 saturated heterocycles. The standard InChI is InChI=1S/C10H8FN3O2/c11-7-2-1-3-8(4-7)14-6-12-13-9(14)5-10(15)16/h1-4,6H,5H2,(H,15,16). The quantitative estimate of drug-likeness (QED) is 0.840. The molecule has 0 fully saturated rings. The van der Waals surface area contributed by atoms with Gasteiger partial charge in [-0.05, 0) is 18.2 Å². The second kappa shape index (κ2) is 4.09. The van der Waals surface area contributed by atoms with E-state index in [-0.39, 0.29) is 12.2 Å². The molecule has 0 aliphatic rings. The molecule has 5 nitrogen and oxygen atoms in total. The van der Waals surface area contributed by atoms with Gasteiger partial charge in [0.25, 0.3) is 0 Å². The monoisotopic (exact) mass is 221 g/mol. The van der Waals surface area contributed by atoms with Gasteiger partial charge in [0.2, 0.25) is 0 Å². The zero-order chi connectivity index (χ0) is 11.5. The van der Waals surface area contributed by atoms with Gasteiger partial charge in [-0.1, -0.05) is 6.07 Å². The van der Waals surface area contributed by atoms with Crippen molar-refractivity contribution in [2.45, 2.75) is 6.42 Å². The number of hydrogen-bond acceptors (Lipinski definition) is 3. The number of nitrogens with zero attached hydrogens (tertiary/aromatic N) is 3. The van der Waals surface area contributed by atoms with Crippen molar-refractivity contribution in [2.75, 3.05) is 0 Å². The first-order valence-corrected chi connectivity index (χ1v) is 4.53. The maximum Gasteiger partial charge on any atom is 0.311 e. The molecule has 2 rings (SSSR count). The van der Waals surface area contributed by atoms with Crippen LogP contribution in [0.15, 0.2) is 30.6 Å². The van der Waals surface area contributed by atoms with E-state index in [0.29, 0.717) is 5.69 Å². The SMILES string of the molecule is O=C(O)Cc1nncn1-c1cccc(F)c1. The molecular weight excluding hydrogens is 213 g/mol. The Labute approximate surface area is 90.2 Å². The van der Waals surface area contributed by atoms with E-state index < -0.39 is 11.8 Å². The molecule has 0 aliphatic heterocycles. The lowest BCUT2D eigenvalue weighted by atomic mass is 10.3. The largest absolute Gasteiger partial charge is 0.481 e. The number of aliphatic carboxylic acids is 1. The minimum absolute atomic E-state index is 0.253. The van der Waals surface area contributed by atoms with Crippen molar-refractivity contribution in [1.82, 2.24) is 14.8 Å². The average Bonchev–Trinajstić information content (AvgIpc) is 2.65. The molecule has 2 aromatic rings. The second-order valence-corrected chi connectivity index (χ2v) is 3.17. The number of carbonyl (C=O) groups is 1. The third-order valence-corrected chi connectivity index (χ3v) is 2.01. The fourth-order valence-corrected chi connectivity index (χ4v) is 1.36. The van der Waals surface area contributed by atoms with Crippen LogP contribution in [0.5, 0.6) is 0 Å². The molecule has 0 amide bonds. The van der Waals surface area contributed by atoms with Gasteiger partial charge in [-0.25, -0.2) is 4.39 Å². The van der Waals surface area contributed by atoms with Gasteiger partial charge in [0.15, 0.2) is 0 Å². The Balaban J connectivity index is 2.40. The summed E-state index contributed by atoms with van der Waals surface area (Å²) in [6.45, 7) is 0. The first-order chi connectivity index (χ1) is 7.66. The zero-order valence-corrected chi connectivity index (χ0v) is 8.17. The number of aromatic nitrogens is 3. The van der Waals surface area contributed by atoms with Crippen LogP contribution in [0.3, 0.4) is 0 Å². The van der Waals surface area contributed by atoms with E-state index in [1.807, 2.05) is 0 Å². The first kappa shape index (κ1) is 10.3. The lowest BCUT2D eigenvalue weighted by Crippen LogP contribution is -2.07. The number of halogens is 1. The molecule has 0 radical (unpaired) electrons. The summed E-state index contributed by atoms with van der Waals surface area (Å²) >= 11 is 0. The number of carboxylic acid groups (broad SMARTS) is 1. The Morgan fingerprint density at radius 2 is 2.31 bits per heavy atom. The highest BCUT2D eigenvalue weighted by Gasteiger charge is 2.10. The minimum atomic E-state index is -1.01. The Morgan fingerprint density at radius 3 is 3.00 bits per heavy atom. The summed E-state index contributed by atoms with van der Waals surface area (Å²) in [7, 11) is 0. The maximum atomic E-state index is 13.0. The molecule has 0 unspecified atom stereocenters. The van der Waals surface area contributed by atoms with Crippen LogP contribution < -0.4 is 0 Å². The van der Waals surface area contributed by atoms with Crippen LogP contribution in [0.1, 0.15) is 5.82 Å². The minimum Gasteiger partial charge on any atom is -0.481 e. The predicted octanol–water partition coefficient (Wildman–Crippen LogP) is 1.03. The number of rotatable bonds is 3. The third kappa shape index (κ3) is 2.05. The van der Waals surface area contributed by atoms with E-state index in [4.69, 9.17) is 5.11 Å². The predicted molar refractivity (Wildman–Crippen MR) is 52.7 cm³/mol. The van der Waals surface area contributed by atoms with Crippen LogP contribution in [0, 0.1) is 5.82 Å². The summed E-state index contributed by atoms with van der Waals surface area (Å²) in [5.41, 5.74) is 0.501. The molecular formula is C10H8FN3O2. The highest BCUT2D eigenvalue weighted by molar-refractivity contribution is 5.69. The van der Waals surface area contributed by atoms with Crippen LogP contribution in [0.25, 0.3) is 5.69 Å². The van der Waals surface area contributed by atoms with Crippen molar-refractivity contribution in [2.24, 2.45) is 0 Å². The van der Waals surface area contributed by atoms with Gasteiger partial charge in [0.1, 0.15) is 24.4 Å². The maximum absolute atomic E-state index is 13.0. The van der Waals surface area contributed by atoms with Gasteiger partial charge in [-0.3, -0.25) is 9.36 Å². The Hall–Kier alpha value is -2.24. The summed E-state index contributed by atoms with van der Waals surface area (Å²) in [4.78, 5) is 10.6. The molecule has 6 heteroatoms. The van der Waals surface area contributed by atoms with Crippen molar-refractivity contribution in [3.8, 4) is 5.69 Å². The molecule has 1 heterocycles. The van der Waals surface area contributed by atoms with Crippen LogP contribution >= 0.6 is 0 Å². The fourth-order valence-electron chi connectivity index (χ4n) is 1.36. The van der Waals surface area contributed by atoms with E-state index >= 15 is 0 Å². The van der Waals surface area contributed by atoms with Crippen LogP contribution in [0.4, 0.5) is 4.39 Å². The van der Waals surface area contributed by atoms with Crippen molar-refractivity contribution in [1.29, 1.82) is 0 Å². The van der Waals surface area contributed by atoms with Crippen molar-refractivity contribution < 1.29 is 14.3 Å². The molecule has 1 N–H and O–H groups in total. The number of benzene rings is 1. The normalized spacial score (nSPS) is 10.3. The molecule has 82 valence electrons. The third-order valence-electron chi connectivity index (χ3n) is 2.01.